The number of rotatable bonds is 3. The molecule has 0 amide bonds. The Balaban J connectivity index is 1.75. The van der Waals surface area contributed by atoms with Crippen LogP contribution in [0.15, 0.2) is 11.0 Å². The number of halogens is 3. The molecule has 1 aliphatic carbocycles. The van der Waals surface area contributed by atoms with Crippen LogP contribution in [0.1, 0.15) is 35.7 Å². The summed E-state index contributed by atoms with van der Waals surface area (Å²) in [5.41, 5.74) is 2.84. The zero-order valence-corrected chi connectivity index (χ0v) is 16.0. The molecule has 3 fully saturated rings. The van der Waals surface area contributed by atoms with E-state index in [4.69, 9.17) is 5.73 Å². The number of carboxylic acids is 1. The Hall–Kier alpha value is -2.75. The number of carboxylic acid groups (broad SMARTS) is 1. The van der Waals surface area contributed by atoms with Gasteiger partial charge in [0.15, 0.2) is 11.6 Å². The summed E-state index contributed by atoms with van der Waals surface area (Å²) in [5.74, 6) is -3.42. The molecule has 160 valence electrons. The van der Waals surface area contributed by atoms with E-state index in [2.05, 4.69) is 5.32 Å². The van der Waals surface area contributed by atoms with Gasteiger partial charge in [0.1, 0.15) is 17.4 Å². The molecule has 4 atom stereocenters. The predicted molar refractivity (Wildman–Crippen MR) is 105 cm³/mol. The minimum atomic E-state index is -1.56. The van der Waals surface area contributed by atoms with E-state index in [1.807, 2.05) is 0 Å². The van der Waals surface area contributed by atoms with Crippen LogP contribution in [0.5, 0.6) is 0 Å². The van der Waals surface area contributed by atoms with Gasteiger partial charge in [-0.15, -0.1) is 0 Å². The van der Waals surface area contributed by atoms with Gasteiger partial charge in [-0.2, -0.15) is 0 Å². The van der Waals surface area contributed by atoms with Crippen LogP contribution in [-0.4, -0.2) is 47.5 Å². The maximum Gasteiger partial charge on any atom is 0.341 e. The average molecular weight is 422 g/mol. The fourth-order valence-corrected chi connectivity index (χ4v) is 4.91. The van der Waals surface area contributed by atoms with Gasteiger partial charge in [-0.3, -0.25) is 4.79 Å². The quantitative estimate of drug-likeness (QED) is 0.655. The first kappa shape index (κ1) is 19.2. The zero-order chi connectivity index (χ0) is 21.3. The molecular weight excluding hydrogens is 401 g/mol. The number of carbonyl (C=O) groups is 1. The smallest absolute Gasteiger partial charge is 0.341 e. The second-order valence-corrected chi connectivity index (χ2v) is 8.39. The number of benzene rings is 1. The van der Waals surface area contributed by atoms with Crippen molar-refractivity contribution in [1.29, 1.82) is 0 Å². The number of anilines is 2. The number of nitrogens with one attached hydrogen (secondary N) is 1. The van der Waals surface area contributed by atoms with Gasteiger partial charge in [0.2, 0.25) is 5.43 Å². The van der Waals surface area contributed by atoms with E-state index in [-0.39, 0.29) is 29.6 Å². The van der Waals surface area contributed by atoms with Crippen LogP contribution in [0.25, 0.3) is 10.9 Å². The summed E-state index contributed by atoms with van der Waals surface area (Å²) in [4.78, 5) is 25.8. The van der Waals surface area contributed by atoms with Crippen molar-refractivity contribution >= 4 is 28.2 Å². The molecule has 0 radical (unpaired) electrons. The number of hydrogen-bond donors (Lipinski definition) is 3. The Bertz CT molecular complexity index is 1120. The third kappa shape index (κ3) is 2.69. The molecule has 1 aromatic carbocycles. The van der Waals surface area contributed by atoms with Gasteiger partial charge in [0, 0.05) is 31.7 Å². The van der Waals surface area contributed by atoms with Crippen molar-refractivity contribution in [2.75, 3.05) is 30.3 Å². The molecule has 30 heavy (non-hydrogen) atoms. The van der Waals surface area contributed by atoms with Gasteiger partial charge >= 0.3 is 5.97 Å². The summed E-state index contributed by atoms with van der Waals surface area (Å²) in [6.07, 6.45) is 1.62. The Morgan fingerprint density at radius 2 is 2.00 bits per heavy atom. The summed E-state index contributed by atoms with van der Waals surface area (Å²) in [6.45, 7) is 1.66. The molecule has 0 bridgehead atoms. The summed E-state index contributed by atoms with van der Waals surface area (Å²) in [5, 5.41) is 12.1. The monoisotopic (exact) mass is 422 g/mol. The summed E-state index contributed by atoms with van der Waals surface area (Å²) < 4.78 is 45.9. The van der Waals surface area contributed by atoms with Crippen LogP contribution in [0.2, 0.25) is 0 Å². The van der Waals surface area contributed by atoms with Crippen molar-refractivity contribution in [3.8, 4) is 0 Å². The number of nitrogen functional groups attached to an aromatic ring is 1. The Labute approximate surface area is 169 Å². The molecule has 1 saturated carbocycles. The van der Waals surface area contributed by atoms with E-state index in [0.717, 1.165) is 30.2 Å². The topological polar surface area (TPSA) is 101 Å². The molecule has 4 N–H and O–H groups in total. The fraction of sp³-hybridized carbons (Fsp3) is 0.500. The van der Waals surface area contributed by atoms with Gasteiger partial charge in [-0.25, -0.2) is 18.0 Å². The molecule has 10 heteroatoms. The van der Waals surface area contributed by atoms with Crippen LogP contribution in [0.4, 0.5) is 24.5 Å². The third-order valence-electron chi connectivity index (χ3n) is 6.55. The van der Waals surface area contributed by atoms with Crippen molar-refractivity contribution < 1.29 is 23.1 Å². The van der Waals surface area contributed by atoms with E-state index in [0.29, 0.717) is 13.1 Å². The van der Waals surface area contributed by atoms with Crippen LogP contribution in [0, 0.1) is 17.6 Å². The lowest BCUT2D eigenvalue weighted by atomic mass is 9.94. The highest BCUT2D eigenvalue weighted by atomic mass is 19.1. The van der Waals surface area contributed by atoms with Gasteiger partial charge < -0.3 is 25.6 Å². The number of nitrogens with zero attached hydrogens (tertiary/aromatic N) is 2. The third-order valence-corrected chi connectivity index (χ3v) is 6.55. The zero-order valence-electron chi connectivity index (χ0n) is 16.0. The number of aromatic nitrogens is 1. The van der Waals surface area contributed by atoms with Gasteiger partial charge in [-0.1, -0.05) is 0 Å². The predicted octanol–water partition coefficient (Wildman–Crippen LogP) is 2.03. The lowest BCUT2D eigenvalue weighted by Crippen LogP contribution is -2.40. The standard InChI is InChI=1S/C20H21F3N4O3/c21-10-4-12(10)27-6-9(20(29)30)19(28)13-16(24)14(22)18(15(23)17(13)27)26-5-8-2-1-3-25-11(8)7-26/h6,8,10-12,25H,1-5,7,24H2,(H,29,30)/t8?,10-,11?,12+/m0/s1. The van der Waals surface area contributed by atoms with Crippen molar-refractivity contribution in [3.63, 3.8) is 0 Å². The highest BCUT2D eigenvalue weighted by Crippen LogP contribution is 2.44. The number of hydrogen-bond acceptors (Lipinski definition) is 5. The van der Waals surface area contributed by atoms with E-state index < -0.39 is 51.9 Å². The van der Waals surface area contributed by atoms with E-state index in [1.54, 1.807) is 4.90 Å². The first-order valence-electron chi connectivity index (χ1n) is 10.0. The summed E-state index contributed by atoms with van der Waals surface area (Å²) >= 11 is 0. The number of nitrogens with two attached hydrogens (primary N) is 1. The second kappa shape index (κ2) is 6.63. The van der Waals surface area contributed by atoms with E-state index in [9.17, 15) is 19.1 Å². The molecule has 3 heterocycles. The molecule has 0 spiro atoms. The second-order valence-electron chi connectivity index (χ2n) is 8.39. The number of aromatic carboxylic acids is 1. The van der Waals surface area contributed by atoms with Gasteiger partial charge in [0.25, 0.3) is 0 Å². The largest absolute Gasteiger partial charge is 0.477 e. The lowest BCUT2D eigenvalue weighted by Gasteiger charge is -2.24. The van der Waals surface area contributed by atoms with Crippen molar-refractivity contribution in [2.24, 2.45) is 5.92 Å². The van der Waals surface area contributed by atoms with E-state index >= 15 is 8.78 Å². The van der Waals surface area contributed by atoms with Crippen LogP contribution < -0.4 is 21.4 Å². The number of alkyl halides is 1. The molecule has 2 aliphatic heterocycles. The molecule has 2 saturated heterocycles. The Morgan fingerprint density at radius 1 is 1.27 bits per heavy atom. The lowest BCUT2D eigenvalue weighted by molar-refractivity contribution is 0.0694. The normalized spacial score (nSPS) is 28.0. The minimum absolute atomic E-state index is 0.0564. The number of pyridine rings is 1. The van der Waals surface area contributed by atoms with Crippen LogP contribution >= 0.6 is 0 Å². The first-order chi connectivity index (χ1) is 14.3. The molecule has 5 rings (SSSR count). The molecule has 3 aliphatic rings. The molecule has 2 aromatic rings. The van der Waals surface area contributed by atoms with Crippen molar-refractivity contribution in [1.82, 2.24) is 9.88 Å². The van der Waals surface area contributed by atoms with Crippen LogP contribution in [0.3, 0.4) is 0 Å². The molecule has 2 unspecified atom stereocenters. The van der Waals surface area contributed by atoms with Crippen LogP contribution in [-0.2, 0) is 0 Å². The van der Waals surface area contributed by atoms with Crippen molar-refractivity contribution in [3.05, 3.63) is 33.6 Å². The van der Waals surface area contributed by atoms with Gasteiger partial charge in [-0.05, 0) is 25.3 Å². The van der Waals surface area contributed by atoms with Gasteiger partial charge in [0.05, 0.1) is 22.6 Å². The number of fused-ring (bicyclic) bond motifs is 2. The molecular formula is C20H21F3N4O3. The first-order valence-corrected chi connectivity index (χ1v) is 10.0. The SMILES string of the molecule is Nc1c(F)c(N2CC3CCCNC3C2)c(F)c2c1c(=O)c(C(=O)O)cn2[C@@H]1C[C@@H]1F. The minimum Gasteiger partial charge on any atom is -0.477 e. The fourth-order valence-electron chi connectivity index (χ4n) is 4.91. The maximum absolute atomic E-state index is 15.7. The number of piperidine rings is 1. The summed E-state index contributed by atoms with van der Waals surface area (Å²) in [6, 6.07) is -0.717. The van der Waals surface area contributed by atoms with E-state index in [1.165, 1.54) is 0 Å². The highest BCUT2D eigenvalue weighted by Gasteiger charge is 2.42. The molecule has 1 aromatic heterocycles. The maximum atomic E-state index is 15.7. The Morgan fingerprint density at radius 3 is 2.63 bits per heavy atom. The average Bonchev–Trinajstić information content (AvgIpc) is 3.27. The Kier molecular flexibility index (Phi) is 4.25. The van der Waals surface area contributed by atoms with Crippen molar-refractivity contribution in [2.45, 2.75) is 37.5 Å². The summed E-state index contributed by atoms with van der Waals surface area (Å²) in [7, 11) is 0. The molecule has 7 nitrogen and oxygen atoms in total. The highest BCUT2D eigenvalue weighted by molar-refractivity contribution is 5.99.